The van der Waals surface area contributed by atoms with Crippen LogP contribution in [0.1, 0.15) is 31.2 Å². The summed E-state index contributed by atoms with van der Waals surface area (Å²) < 4.78 is 5.58. The number of unbranched alkanes of at least 4 members (excludes halogenated alkanes) is 1. The van der Waals surface area contributed by atoms with Crippen molar-refractivity contribution in [2.75, 3.05) is 11.9 Å². The fourth-order valence-corrected chi connectivity index (χ4v) is 1.93. The van der Waals surface area contributed by atoms with Crippen LogP contribution in [0.2, 0.25) is 5.15 Å². The molecular formula is C16H14ClN5O. The number of anilines is 2. The maximum Gasteiger partial charge on any atom is 0.179 e. The van der Waals surface area contributed by atoms with Crippen molar-refractivity contribution in [3.63, 3.8) is 0 Å². The molecule has 0 amide bonds. The smallest absolute Gasteiger partial charge is 0.179 e. The van der Waals surface area contributed by atoms with Crippen LogP contribution in [0.3, 0.4) is 0 Å². The summed E-state index contributed by atoms with van der Waals surface area (Å²) in [6.07, 6.45) is 2.09. The predicted octanol–water partition coefficient (Wildman–Crippen LogP) is 3.80. The average Bonchev–Trinajstić information content (AvgIpc) is 2.58. The Kier molecular flexibility index (Phi) is 5.74. The van der Waals surface area contributed by atoms with Gasteiger partial charge in [0.2, 0.25) is 0 Å². The highest BCUT2D eigenvalue weighted by Crippen LogP contribution is 2.24. The van der Waals surface area contributed by atoms with Crippen LogP contribution in [0.5, 0.6) is 5.75 Å². The number of nitrogens with one attached hydrogen (secondary N) is 1. The summed E-state index contributed by atoms with van der Waals surface area (Å²) in [5.74, 6) is 1.00. The number of benzene rings is 1. The third-order valence-electron chi connectivity index (χ3n) is 2.95. The monoisotopic (exact) mass is 327 g/mol. The van der Waals surface area contributed by atoms with Crippen LogP contribution in [0.4, 0.5) is 11.5 Å². The van der Waals surface area contributed by atoms with Crippen molar-refractivity contribution in [1.82, 2.24) is 9.97 Å². The highest BCUT2D eigenvalue weighted by atomic mass is 35.5. The molecule has 0 saturated heterocycles. The van der Waals surface area contributed by atoms with Crippen LogP contribution >= 0.6 is 11.6 Å². The molecule has 23 heavy (non-hydrogen) atoms. The Labute approximate surface area is 139 Å². The lowest BCUT2D eigenvalue weighted by atomic mass is 10.3. The lowest BCUT2D eigenvalue weighted by molar-refractivity contribution is 0.309. The van der Waals surface area contributed by atoms with E-state index in [4.69, 9.17) is 26.9 Å². The fraction of sp³-hybridized carbons (Fsp3) is 0.250. The summed E-state index contributed by atoms with van der Waals surface area (Å²) in [6, 6.07) is 10.9. The zero-order valence-corrected chi connectivity index (χ0v) is 13.3. The third kappa shape index (κ3) is 4.32. The summed E-state index contributed by atoms with van der Waals surface area (Å²) in [5, 5.41) is 20.9. The number of hydrogen-bond acceptors (Lipinski definition) is 6. The Morgan fingerprint density at radius 1 is 1.13 bits per heavy atom. The van der Waals surface area contributed by atoms with Crippen LogP contribution in [0.25, 0.3) is 0 Å². The van der Waals surface area contributed by atoms with Gasteiger partial charge in [0.1, 0.15) is 17.9 Å². The van der Waals surface area contributed by atoms with Crippen LogP contribution in [-0.2, 0) is 0 Å². The summed E-state index contributed by atoms with van der Waals surface area (Å²) in [4.78, 5) is 7.88. The van der Waals surface area contributed by atoms with E-state index in [2.05, 4.69) is 22.2 Å². The first-order valence-electron chi connectivity index (χ1n) is 7.05. The van der Waals surface area contributed by atoms with E-state index in [0.29, 0.717) is 6.61 Å². The minimum Gasteiger partial charge on any atom is -0.494 e. The second kappa shape index (κ2) is 7.98. The molecule has 0 saturated carbocycles. The molecule has 0 bridgehead atoms. The number of halogens is 1. The molecule has 0 aliphatic heterocycles. The molecule has 0 radical (unpaired) electrons. The van der Waals surface area contributed by atoms with Gasteiger partial charge in [0, 0.05) is 5.69 Å². The summed E-state index contributed by atoms with van der Waals surface area (Å²) >= 11 is 5.98. The van der Waals surface area contributed by atoms with Crippen molar-refractivity contribution in [3.8, 4) is 17.9 Å². The molecule has 0 spiro atoms. The molecule has 0 aliphatic carbocycles. The van der Waals surface area contributed by atoms with Crippen molar-refractivity contribution in [2.24, 2.45) is 0 Å². The molecule has 0 unspecified atom stereocenters. The lowest BCUT2D eigenvalue weighted by Gasteiger charge is -2.09. The second-order valence-electron chi connectivity index (χ2n) is 4.64. The summed E-state index contributed by atoms with van der Waals surface area (Å²) in [7, 11) is 0. The van der Waals surface area contributed by atoms with E-state index in [1.54, 1.807) is 6.07 Å². The van der Waals surface area contributed by atoms with Gasteiger partial charge in [-0.05, 0) is 30.7 Å². The Bertz CT molecular complexity index is 762. The van der Waals surface area contributed by atoms with Gasteiger partial charge in [-0.15, -0.1) is 0 Å². The SMILES string of the molecule is CCCCOc1ccc(Nc2nc(C#N)c(C#N)nc2Cl)cc1. The van der Waals surface area contributed by atoms with Crippen molar-refractivity contribution >= 4 is 23.1 Å². The quantitative estimate of drug-likeness (QED) is 0.811. The van der Waals surface area contributed by atoms with Gasteiger partial charge in [-0.1, -0.05) is 24.9 Å². The van der Waals surface area contributed by atoms with Gasteiger partial charge in [-0.2, -0.15) is 10.5 Å². The van der Waals surface area contributed by atoms with Gasteiger partial charge in [0.15, 0.2) is 22.4 Å². The molecular weight excluding hydrogens is 314 g/mol. The maximum atomic E-state index is 8.98. The fourth-order valence-electron chi connectivity index (χ4n) is 1.76. The molecule has 0 atom stereocenters. The van der Waals surface area contributed by atoms with Gasteiger partial charge in [0.25, 0.3) is 0 Å². The minimum absolute atomic E-state index is 0.0313. The lowest BCUT2D eigenvalue weighted by Crippen LogP contribution is -2.02. The van der Waals surface area contributed by atoms with E-state index in [1.807, 2.05) is 30.3 Å². The Hall–Kier alpha value is -2.83. The van der Waals surface area contributed by atoms with Gasteiger partial charge < -0.3 is 10.1 Å². The van der Waals surface area contributed by atoms with E-state index >= 15 is 0 Å². The van der Waals surface area contributed by atoms with Gasteiger partial charge >= 0.3 is 0 Å². The van der Waals surface area contributed by atoms with Crippen molar-refractivity contribution in [1.29, 1.82) is 10.5 Å². The molecule has 2 rings (SSSR count). The Morgan fingerprint density at radius 3 is 2.39 bits per heavy atom. The van der Waals surface area contributed by atoms with E-state index in [9.17, 15) is 0 Å². The summed E-state index contributed by atoms with van der Waals surface area (Å²) in [6.45, 7) is 2.79. The van der Waals surface area contributed by atoms with Crippen molar-refractivity contribution in [2.45, 2.75) is 19.8 Å². The molecule has 2 aromatic rings. The first-order chi connectivity index (χ1) is 11.2. The molecule has 1 N–H and O–H groups in total. The van der Waals surface area contributed by atoms with Crippen LogP contribution in [0.15, 0.2) is 24.3 Å². The highest BCUT2D eigenvalue weighted by Gasteiger charge is 2.12. The molecule has 1 aromatic heterocycles. The van der Waals surface area contributed by atoms with E-state index in [0.717, 1.165) is 24.3 Å². The average molecular weight is 328 g/mol. The van der Waals surface area contributed by atoms with Gasteiger partial charge in [0.05, 0.1) is 6.61 Å². The number of nitrogens with zero attached hydrogens (tertiary/aromatic N) is 4. The third-order valence-corrected chi connectivity index (χ3v) is 3.21. The predicted molar refractivity (Wildman–Crippen MR) is 86.6 cm³/mol. The molecule has 1 heterocycles. The Morgan fingerprint density at radius 2 is 1.78 bits per heavy atom. The zero-order valence-electron chi connectivity index (χ0n) is 12.5. The topological polar surface area (TPSA) is 94.6 Å². The van der Waals surface area contributed by atoms with E-state index < -0.39 is 0 Å². The summed E-state index contributed by atoms with van der Waals surface area (Å²) in [5.41, 5.74) is 0.555. The van der Waals surface area contributed by atoms with Gasteiger partial charge in [-0.3, -0.25) is 0 Å². The van der Waals surface area contributed by atoms with Crippen molar-refractivity contribution < 1.29 is 4.74 Å². The number of rotatable bonds is 6. The molecule has 6 nitrogen and oxygen atoms in total. The van der Waals surface area contributed by atoms with Gasteiger partial charge in [-0.25, -0.2) is 9.97 Å². The van der Waals surface area contributed by atoms with Crippen LogP contribution < -0.4 is 10.1 Å². The molecule has 1 aromatic carbocycles. The second-order valence-corrected chi connectivity index (χ2v) is 4.99. The van der Waals surface area contributed by atoms with E-state index in [1.165, 1.54) is 0 Å². The molecule has 7 heteroatoms. The molecule has 0 aliphatic rings. The largest absolute Gasteiger partial charge is 0.494 e. The van der Waals surface area contributed by atoms with E-state index in [-0.39, 0.29) is 22.4 Å². The first kappa shape index (κ1) is 16.5. The minimum atomic E-state index is -0.0947. The van der Waals surface area contributed by atoms with Crippen LogP contribution in [-0.4, -0.2) is 16.6 Å². The number of hydrogen-bond donors (Lipinski definition) is 1. The Balaban J connectivity index is 2.13. The number of ether oxygens (including phenoxy) is 1. The standard InChI is InChI=1S/C16H14ClN5O/c1-2-3-8-23-12-6-4-11(5-7-12)20-16-15(17)21-13(9-18)14(10-19)22-16/h4-7H,2-3,8H2,1H3,(H,20,22). The first-order valence-corrected chi connectivity index (χ1v) is 7.43. The molecule has 0 fully saturated rings. The molecule has 116 valence electrons. The van der Waals surface area contributed by atoms with Crippen LogP contribution in [0, 0.1) is 22.7 Å². The highest BCUT2D eigenvalue weighted by molar-refractivity contribution is 6.31. The number of aromatic nitrogens is 2. The maximum absolute atomic E-state index is 8.98. The number of nitriles is 2. The zero-order chi connectivity index (χ0) is 16.7. The normalized spacial score (nSPS) is 9.74. The van der Waals surface area contributed by atoms with Crippen molar-refractivity contribution in [3.05, 3.63) is 40.8 Å².